The summed E-state index contributed by atoms with van der Waals surface area (Å²) in [6, 6.07) is 19.1. The van der Waals surface area contributed by atoms with Gasteiger partial charge < -0.3 is 9.72 Å². The summed E-state index contributed by atoms with van der Waals surface area (Å²) >= 11 is 0. The van der Waals surface area contributed by atoms with Crippen LogP contribution in [-0.2, 0) is 18.0 Å². The van der Waals surface area contributed by atoms with Crippen LogP contribution in [-0.4, -0.2) is 4.98 Å². The number of aromatic amines is 1. The van der Waals surface area contributed by atoms with E-state index in [4.69, 9.17) is 4.74 Å². The van der Waals surface area contributed by atoms with E-state index in [1.54, 1.807) is 6.07 Å². The Kier molecular flexibility index (Phi) is 3.61. The van der Waals surface area contributed by atoms with Crippen molar-refractivity contribution in [3.63, 3.8) is 0 Å². The van der Waals surface area contributed by atoms with E-state index in [9.17, 15) is 4.79 Å². The average molecular weight is 265 g/mol. The molecule has 20 heavy (non-hydrogen) atoms. The van der Waals surface area contributed by atoms with Crippen molar-refractivity contribution in [1.82, 2.24) is 4.98 Å². The van der Waals surface area contributed by atoms with Crippen molar-refractivity contribution < 1.29 is 4.74 Å². The van der Waals surface area contributed by atoms with Crippen LogP contribution in [0.2, 0.25) is 0 Å². The zero-order chi connectivity index (χ0) is 13.8. The van der Waals surface area contributed by atoms with Crippen LogP contribution in [0.5, 0.6) is 0 Å². The molecule has 0 aliphatic rings. The Morgan fingerprint density at radius 3 is 2.50 bits per heavy atom. The molecule has 0 aliphatic carbocycles. The Morgan fingerprint density at radius 2 is 1.65 bits per heavy atom. The zero-order valence-corrected chi connectivity index (χ0v) is 11.0. The van der Waals surface area contributed by atoms with Gasteiger partial charge in [-0.15, -0.1) is 0 Å². The summed E-state index contributed by atoms with van der Waals surface area (Å²) in [5, 5.41) is 0.708. The van der Waals surface area contributed by atoms with Crippen LogP contribution in [0.15, 0.2) is 65.5 Å². The fourth-order valence-electron chi connectivity index (χ4n) is 2.18. The number of hydrogen-bond donors (Lipinski definition) is 1. The minimum Gasteiger partial charge on any atom is -0.371 e. The lowest BCUT2D eigenvalue weighted by Crippen LogP contribution is -2.06. The van der Waals surface area contributed by atoms with E-state index in [-0.39, 0.29) is 5.43 Å². The van der Waals surface area contributed by atoms with Crippen molar-refractivity contribution in [3.8, 4) is 0 Å². The van der Waals surface area contributed by atoms with Crippen molar-refractivity contribution in [3.05, 3.63) is 82.1 Å². The second kappa shape index (κ2) is 5.72. The number of para-hydroxylation sites is 1. The smallest absolute Gasteiger partial charge is 0.189 e. The van der Waals surface area contributed by atoms with Crippen molar-refractivity contribution in [1.29, 1.82) is 0 Å². The molecule has 0 radical (unpaired) electrons. The molecule has 2 aromatic carbocycles. The van der Waals surface area contributed by atoms with Gasteiger partial charge in [-0.2, -0.15) is 0 Å². The summed E-state index contributed by atoms with van der Waals surface area (Å²) < 4.78 is 5.64. The molecule has 0 saturated heterocycles. The maximum absolute atomic E-state index is 12.0. The van der Waals surface area contributed by atoms with Crippen LogP contribution < -0.4 is 5.43 Å². The molecular weight excluding hydrogens is 250 g/mol. The lowest BCUT2D eigenvalue weighted by Gasteiger charge is -2.06. The molecule has 1 N–H and O–H groups in total. The highest BCUT2D eigenvalue weighted by molar-refractivity contribution is 5.78. The molecule has 0 unspecified atom stereocenters. The van der Waals surface area contributed by atoms with Crippen molar-refractivity contribution in [2.75, 3.05) is 0 Å². The number of hydrogen-bond acceptors (Lipinski definition) is 2. The first kappa shape index (κ1) is 12.6. The second-order valence-corrected chi connectivity index (χ2v) is 4.68. The quantitative estimate of drug-likeness (QED) is 0.786. The summed E-state index contributed by atoms with van der Waals surface area (Å²) in [6.07, 6.45) is 0. The molecule has 0 bridgehead atoms. The number of H-pyrrole nitrogens is 1. The Labute approximate surface area is 116 Å². The predicted octanol–water partition coefficient (Wildman–Crippen LogP) is 3.24. The lowest BCUT2D eigenvalue weighted by molar-refractivity contribution is 0.105. The standard InChI is InChI=1S/C17H15NO2/c19-17-10-14(18-16-9-5-4-8-15(16)17)12-20-11-13-6-2-1-3-7-13/h1-10H,11-12H2,(H,18,19). The summed E-state index contributed by atoms with van der Waals surface area (Å²) in [4.78, 5) is 15.2. The van der Waals surface area contributed by atoms with Crippen LogP contribution in [0.4, 0.5) is 0 Å². The SMILES string of the molecule is O=c1cc(COCc2ccccc2)[nH]c2ccccc12. The first-order chi connectivity index (χ1) is 9.83. The van der Waals surface area contributed by atoms with E-state index >= 15 is 0 Å². The third kappa shape index (κ3) is 2.78. The molecule has 1 aromatic heterocycles. The third-order valence-corrected chi connectivity index (χ3v) is 3.16. The van der Waals surface area contributed by atoms with Gasteiger partial charge in [-0.25, -0.2) is 0 Å². The fourth-order valence-corrected chi connectivity index (χ4v) is 2.18. The van der Waals surface area contributed by atoms with Gasteiger partial charge in [-0.3, -0.25) is 4.79 Å². The average Bonchev–Trinajstić information content (AvgIpc) is 2.48. The van der Waals surface area contributed by atoms with Crippen molar-refractivity contribution in [2.45, 2.75) is 13.2 Å². The van der Waals surface area contributed by atoms with Gasteiger partial charge in [0.15, 0.2) is 5.43 Å². The monoisotopic (exact) mass is 265 g/mol. The van der Waals surface area contributed by atoms with Crippen LogP contribution in [0.3, 0.4) is 0 Å². The van der Waals surface area contributed by atoms with E-state index in [1.807, 2.05) is 54.6 Å². The molecule has 3 aromatic rings. The fraction of sp³-hybridized carbons (Fsp3) is 0.118. The third-order valence-electron chi connectivity index (χ3n) is 3.16. The van der Waals surface area contributed by atoms with Gasteiger partial charge in [0.25, 0.3) is 0 Å². The highest BCUT2D eigenvalue weighted by Crippen LogP contribution is 2.09. The van der Waals surface area contributed by atoms with Gasteiger partial charge in [0.05, 0.1) is 13.2 Å². The number of rotatable bonds is 4. The van der Waals surface area contributed by atoms with Gasteiger partial charge in [0, 0.05) is 22.7 Å². The molecular formula is C17H15NO2. The first-order valence-electron chi connectivity index (χ1n) is 6.55. The number of aromatic nitrogens is 1. The molecule has 3 nitrogen and oxygen atoms in total. The summed E-state index contributed by atoms with van der Waals surface area (Å²) in [5.41, 5.74) is 2.79. The highest BCUT2D eigenvalue weighted by Gasteiger charge is 2.01. The van der Waals surface area contributed by atoms with E-state index < -0.39 is 0 Å². The molecule has 100 valence electrons. The second-order valence-electron chi connectivity index (χ2n) is 4.68. The Balaban J connectivity index is 1.73. The Hall–Kier alpha value is -2.39. The maximum Gasteiger partial charge on any atom is 0.189 e. The van der Waals surface area contributed by atoms with Crippen LogP contribution in [0, 0.1) is 0 Å². The Bertz CT molecular complexity index is 763. The van der Waals surface area contributed by atoms with Gasteiger partial charge in [-0.1, -0.05) is 42.5 Å². The molecule has 3 heteroatoms. The molecule has 0 aliphatic heterocycles. The topological polar surface area (TPSA) is 42.1 Å². The van der Waals surface area contributed by atoms with E-state index in [0.29, 0.717) is 18.6 Å². The van der Waals surface area contributed by atoms with Gasteiger partial charge in [-0.05, 0) is 17.7 Å². The van der Waals surface area contributed by atoms with Gasteiger partial charge >= 0.3 is 0 Å². The molecule has 0 atom stereocenters. The number of nitrogens with one attached hydrogen (secondary N) is 1. The molecule has 0 saturated carbocycles. The normalized spacial score (nSPS) is 10.8. The highest BCUT2D eigenvalue weighted by atomic mass is 16.5. The molecule has 3 rings (SSSR count). The minimum atomic E-state index is 0.0256. The summed E-state index contributed by atoms with van der Waals surface area (Å²) in [7, 11) is 0. The Morgan fingerprint density at radius 1 is 0.900 bits per heavy atom. The van der Waals surface area contributed by atoms with Crippen LogP contribution in [0.25, 0.3) is 10.9 Å². The molecule has 0 fully saturated rings. The van der Waals surface area contributed by atoms with E-state index in [0.717, 1.165) is 16.8 Å². The number of ether oxygens (including phenoxy) is 1. The van der Waals surface area contributed by atoms with Gasteiger partial charge in [0.2, 0.25) is 0 Å². The van der Waals surface area contributed by atoms with E-state index in [1.165, 1.54) is 0 Å². The number of fused-ring (bicyclic) bond motifs is 1. The molecule has 0 spiro atoms. The minimum absolute atomic E-state index is 0.0256. The summed E-state index contributed by atoms with van der Waals surface area (Å²) in [6.45, 7) is 0.935. The van der Waals surface area contributed by atoms with Gasteiger partial charge in [0.1, 0.15) is 0 Å². The molecule has 0 amide bonds. The van der Waals surface area contributed by atoms with Crippen molar-refractivity contribution >= 4 is 10.9 Å². The van der Waals surface area contributed by atoms with E-state index in [2.05, 4.69) is 4.98 Å². The van der Waals surface area contributed by atoms with Crippen LogP contribution >= 0.6 is 0 Å². The summed E-state index contributed by atoms with van der Waals surface area (Å²) in [5.74, 6) is 0. The largest absolute Gasteiger partial charge is 0.371 e. The molecule has 1 heterocycles. The maximum atomic E-state index is 12.0. The number of pyridine rings is 1. The van der Waals surface area contributed by atoms with Crippen molar-refractivity contribution in [2.24, 2.45) is 0 Å². The lowest BCUT2D eigenvalue weighted by atomic mass is 10.2. The van der Waals surface area contributed by atoms with Crippen LogP contribution in [0.1, 0.15) is 11.3 Å². The zero-order valence-electron chi connectivity index (χ0n) is 11.0. The first-order valence-corrected chi connectivity index (χ1v) is 6.55. The predicted molar refractivity (Wildman–Crippen MR) is 79.5 cm³/mol. The number of benzene rings is 2.